The number of carbonyl (C=O) groups is 1. The highest BCUT2D eigenvalue weighted by molar-refractivity contribution is 9.10. The molecule has 1 aromatic carbocycles. The molecule has 1 aromatic rings. The van der Waals surface area contributed by atoms with Crippen molar-refractivity contribution >= 4 is 27.5 Å². The summed E-state index contributed by atoms with van der Waals surface area (Å²) >= 11 is 3.44. The number of halogens is 1. The molecular weight excluding hydrogens is 304 g/mol. The molecule has 19 heavy (non-hydrogen) atoms. The summed E-state index contributed by atoms with van der Waals surface area (Å²) in [7, 11) is 2.16. The Bertz CT molecular complexity index is 428. The van der Waals surface area contributed by atoms with Crippen LogP contribution in [-0.2, 0) is 4.79 Å². The van der Waals surface area contributed by atoms with Gasteiger partial charge in [0.25, 0.3) is 0 Å². The maximum Gasteiger partial charge on any atom is 0.224 e. The van der Waals surface area contributed by atoms with Crippen molar-refractivity contribution in [3.63, 3.8) is 0 Å². The van der Waals surface area contributed by atoms with Crippen molar-refractivity contribution in [1.29, 1.82) is 0 Å². The number of nitrogens with zero attached hydrogens (tertiary/aromatic N) is 1. The lowest BCUT2D eigenvalue weighted by Crippen LogP contribution is -2.30. The molecule has 1 N–H and O–H groups in total. The third-order valence-electron chi connectivity index (χ3n) is 3.77. The van der Waals surface area contributed by atoms with Crippen LogP contribution in [0.3, 0.4) is 0 Å². The van der Waals surface area contributed by atoms with E-state index in [0.29, 0.717) is 12.3 Å². The summed E-state index contributed by atoms with van der Waals surface area (Å²) in [6.07, 6.45) is 4.07. The number of amides is 1. The number of rotatable bonds is 4. The Morgan fingerprint density at radius 2 is 2.05 bits per heavy atom. The van der Waals surface area contributed by atoms with Gasteiger partial charge in [0.2, 0.25) is 5.91 Å². The summed E-state index contributed by atoms with van der Waals surface area (Å²) in [5, 5.41) is 2.96. The van der Waals surface area contributed by atoms with Crippen LogP contribution in [0.15, 0.2) is 28.7 Å². The zero-order valence-corrected chi connectivity index (χ0v) is 12.9. The Hall–Kier alpha value is -0.870. The van der Waals surface area contributed by atoms with Crippen molar-refractivity contribution in [2.24, 2.45) is 5.92 Å². The van der Waals surface area contributed by atoms with Crippen LogP contribution in [0.25, 0.3) is 0 Å². The quantitative estimate of drug-likeness (QED) is 0.919. The number of para-hydroxylation sites is 1. The summed E-state index contributed by atoms with van der Waals surface area (Å²) in [4.78, 5) is 14.3. The number of anilines is 1. The summed E-state index contributed by atoms with van der Waals surface area (Å²) in [5.41, 5.74) is 0.857. The van der Waals surface area contributed by atoms with Gasteiger partial charge in [-0.3, -0.25) is 4.79 Å². The maximum atomic E-state index is 11.9. The monoisotopic (exact) mass is 324 g/mol. The van der Waals surface area contributed by atoms with Crippen molar-refractivity contribution in [3.8, 4) is 0 Å². The molecule has 1 aliphatic rings. The summed E-state index contributed by atoms with van der Waals surface area (Å²) in [6.45, 7) is 2.33. The van der Waals surface area contributed by atoms with E-state index >= 15 is 0 Å². The predicted molar refractivity (Wildman–Crippen MR) is 82.2 cm³/mol. The lowest BCUT2D eigenvalue weighted by molar-refractivity contribution is -0.116. The minimum atomic E-state index is 0.117. The second kappa shape index (κ2) is 7.06. The van der Waals surface area contributed by atoms with Gasteiger partial charge in [-0.05, 0) is 73.4 Å². The van der Waals surface area contributed by atoms with Crippen molar-refractivity contribution in [3.05, 3.63) is 28.7 Å². The molecule has 1 fully saturated rings. The Kier molecular flexibility index (Phi) is 5.40. The van der Waals surface area contributed by atoms with Crippen LogP contribution in [0.1, 0.15) is 25.7 Å². The Morgan fingerprint density at radius 1 is 1.37 bits per heavy atom. The van der Waals surface area contributed by atoms with Crippen molar-refractivity contribution < 1.29 is 4.79 Å². The number of piperidine rings is 1. The Morgan fingerprint density at radius 3 is 2.74 bits per heavy atom. The van der Waals surface area contributed by atoms with Gasteiger partial charge >= 0.3 is 0 Å². The molecule has 0 aliphatic carbocycles. The second-order valence-electron chi connectivity index (χ2n) is 5.31. The smallest absolute Gasteiger partial charge is 0.224 e. The molecule has 0 unspecified atom stereocenters. The van der Waals surface area contributed by atoms with Crippen LogP contribution in [0.4, 0.5) is 5.69 Å². The van der Waals surface area contributed by atoms with Crippen LogP contribution in [-0.4, -0.2) is 30.9 Å². The van der Waals surface area contributed by atoms with E-state index in [4.69, 9.17) is 0 Å². The Labute approximate surface area is 123 Å². The van der Waals surface area contributed by atoms with Gasteiger partial charge < -0.3 is 10.2 Å². The third kappa shape index (κ3) is 4.62. The standard InChI is InChI=1S/C15H21BrN2O/c1-18-10-8-12(9-11-18)6-7-15(19)17-14-5-3-2-4-13(14)16/h2-5,12H,6-11H2,1H3,(H,17,19). The molecule has 4 heteroatoms. The highest BCUT2D eigenvalue weighted by Crippen LogP contribution is 2.23. The van der Waals surface area contributed by atoms with Gasteiger partial charge in [-0.1, -0.05) is 12.1 Å². The fourth-order valence-electron chi connectivity index (χ4n) is 2.46. The molecule has 0 saturated carbocycles. The molecule has 1 heterocycles. The number of benzene rings is 1. The van der Waals surface area contributed by atoms with Crippen molar-refractivity contribution in [1.82, 2.24) is 4.90 Å². The van der Waals surface area contributed by atoms with E-state index in [-0.39, 0.29) is 5.91 Å². The molecule has 1 aliphatic heterocycles. The first-order chi connectivity index (χ1) is 9.15. The van der Waals surface area contributed by atoms with E-state index in [1.807, 2.05) is 24.3 Å². The van der Waals surface area contributed by atoms with Gasteiger partial charge in [-0.15, -0.1) is 0 Å². The zero-order chi connectivity index (χ0) is 13.7. The van der Waals surface area contributed by atoms with Crippen LogP contribution >= 0.6 is 15.9 Å². The normalized spacial score (nSPS) is 17.4. The van der Waals surface area contributed by atoms with Crippen LogP contribution < -0.4 is 5.32 Å². The fourth-order valence-corrected chi connectivity index (χ4v) is 2.85. The molecule has 0 aromatic heterocycles. The average Bonchev–Trinajstić information content (AvgIpc) is 2.41. The topological polar surface area (TPSA) is 32.3 Å². The first-order valence-corrected chi connectivity index (χ1v) is 7.67. The minimum absolute atomic E-state index is 0.117. The van der Waals surface area contributed by atoms with E-state index in [9.17, 15) is 4.79 Å². The molecule has 0 atom stereocenters. The van der Waals surface area contributed by atoms with E-state index < -0.39 is 0 Å². The molecule has 1 saturated heterocycles. The first-order valence-electron chi connectivity index (χ1n) is 6.88. The van der Waals surface area contributed by atoms with Crippen LogP contribution in [0, 0.1) is 5.92 Å². The van der Waals surface area contributed by atoms with Gasteiger partial charge in [0.15, 0.2) is 0 Å². The largest absolute Gasteiger partial charge is 0.325 e. The van der Waals surface area contributed by atoms with Crippen LogP contribution in [0.5, 0.6) is 0 Å². The van der Waals surface area contributed by atoms with E-state index in [0.717, 1.165) is 29.7 Å². The summed E-state index contributed by atoms with van der Waals surface area (Å²) in [6, 6.07) is 7.72. The van der Waals surface area contributed by atoms with Crippen LogP contribution in [0.2, 0.25) is 0 Å². The van der Waals surface area contributed by atoms with Gasteiger partial charge in [-0.2, -0.15) is 0 Å². The van der Waals surface area contributed by atoms with Crippen molar-refractivity contribution in [2.75, 3.05) is 25.5 Å². The van der Waals surface area contributed by atoms with E-state index in [1.165, 1.54) is 12.8 Å². The van der Waals surface area contributed by atoms with E-state index in [1.54, 1.807) is 0 Å². The van der Waals surface area contributed by atoms with Crippen molar-refractivity contribution in [2.45, 2.75) is 25.7 Å². The number of hydrogen-bond donors (Lipinski definition) is 1. The number of hydrogen-bond acceptors (Lipinski definition) is 2. The highest BCUT2D eigenvalue weighted by Gasteiger charge is 2.17. The molecular formula is C15H21BrN2O. The predicted octanol–water partition coefficient (Wildman–Crippen LogP) is 3.51. The summed E-state index contributed by atoms with van der Waals surface area (Å²) in [5.74, 6) is 0.826. The fraction of sp³-hybridized carbons (Fsp3) is 0.533. The number of nitrogens with one attached hydrogen (secondary N) is 1. The lowest BCUT2D eigenvalue weighted by Gasteiger charge is -2.28. The molecule has 0 spiro atoms. The van der Waals surface area contributed by atoms with E-state index in [2.05, 4.69) is 33.2 Å². The zero-order valence-electron chi connectivity index (χ0n) is 11.4. The first kappa shape index (κ1) is 14.5. The third-order valence-corrected chi connectivity index (χ3v) is 4.46. The summed E-state index contributed by atoms with van der Waals surface area (Å²) < 4.78 is 0.933. The second-order valence-corrected chi connectivity index (χ2v) is 6.17. The van der Waals surface area contributed by atoms with Gasteiger partial charge in [0.1, 0.15) is 0 Å². The van der Waals surface area contributed by atoms with Gasteiger partial charge in [-0.25, -0.2) is 0 Å². The number of likely N-dealkylation sites (tertiary alicyclic amines) is 1. The minimum Gasteiger partial charge on any atom is -0.325 e. The number of carbonyl (C=O) groups excluding carboxylic acids is 1. The molecule has 1 amide bonds. The molecule has 2 rings (SSSR count). The molecule has 3 nitrogen and oxygen atoms in total. The highest BCUT2D eigenvalue weighted by atomic mass is 79.9. The van der Waals surface area contributed by atoms with Gasteiger partial charge in [0.05, 0.1) is 5.69 Å². The molecule has 0 bridgehead atoms. The molecule has 0 radical (unpaired) electrons. The lowest BCUT2D eigenvalue weighted by atomic mass is 9.92. The SMILES string of the molecule is CN1CCC(CCC(=O)Nc2ccccc2Br)CC1. The molecule has 104 valence electrons. The Balaban J connectivity index is 1.74. The maximum absolute atomic E-state index is 11.9. The van der Waals surface area contributed by atoms with Gasteiger partial charge in [0, 0.05) is 10.9 Å². The average molecular weight is 325 g/mol.